The Morgan fingerprint density at radius 3 is 2.04 bits per heavy atom. The van der Waals surface area contributed by atoms with Gasteiger partial charge in [0.15, 0.2) is 0 Å². The highest BCUT2D eigenvalue weighted by molar-refractivity contribution is 6.62. The van der Waals surface area contributed by atoms with Crippen LogP contribution in [0, 0.1) is 13.8 Å². The monoisotopic (exact) mass is 322 g/mol. The van der Waals surface area contributed by atoms with Crippen molar-refractivity contribution in [2.24, 2.45) is 0 Å². The molecule has 1 fully saturated rings. The number of hydrogen-bond acceptors (Lipinski definition) is 5. The minimum atomic E-state index is -0.659. The summed E-state index contributed by atoms with van der Waals surface area (Å²) in [5.41, 5.74) is -0.265. The number of hydrogen-bond donors (Lipinski definition) is 0. The number of carbonyl (C=O) groups excluding carboxylic acids is 1. The molecule has 0 unspecified atom stereocenters. The van der Waals surface area contributed by atoms with Gasteiger partial charge in [0.05, 0.1) is 22.5 Å². The molecule has 0 N–H and O–H groups in total. The van der Waals surface area contributed by atoms with Crippen LogP contribution in [0.25, 0.3) is 0 Å². The summed E-state index contributed by atoms with van der Waals surface area (Å²) in [5.74, 6) is 0.557. The summed E-state index contributed by atoms with van der Waals surface area (Å²) in [4.78, 5) is 17.0. The van der Waals surface area contributed by atoms with Crippen LogP contribution in [0.1, 0.15) is 60.0 Å². The number of imidazole rings is 1. The molecular weight excluding hydrogens is 295 g/mol. The Balaban J connectivity index is 2.43. The molecule has 2 rings (SSSR count). The van der Waals surface area contributed by atoms with E-state index in [4.69, 9.17) is 14.0 Å². The fourth-order valence-corrected chi connectivity index (χ4v) is 2.45. The maximum atomic E-state index is 12.6. The molecule has 0 saturated carbocycles. The Bertz CT molecular complexity index is 613. The van der Waals surface area contributed by atoms with E-state index in [0.29, 0.717) is 17.1 Å². The molecule has 1 aliphatic rings. The van der Waals surface area contributed by atoms with E-state index in [1.165, 1.54) is 4.57 Å². The molecule has 0 spiro atoms. The van der Waals surface area contributed by atoms with E-state index < -0.39 is 30.0 Å². The SMILES string of the molecule is Cc1nc(C)n(C(=O)OC(C)(C)C)c1B1OC(C)(C)C(C)(C)O1. The van der Waals surface area contributed by atoms with Crippen LogP contribution in [0.15, 0.2) is 0 Å². The molecule has 6 nitrogen and oxygen atoms in total. The van der Waals surface area contributed by atoms with Crippen LogP contribution < -0.4 is 5.59 Å². The third kappa shape index (κ3) is 3.31. The zero-order valence-corrected chi connectivity index (χ0v) is 15.6. The minimum absolute atomic E-state index is 0.472. The Hall–Kier alpha value is -1.34. The fraction of sp³-hybridized carbons (Fsp3) is 0.750. The van der Waals surface area contributed by atoms with E-state index in [2.05, 4.69) is 4.98 Å². The van der Waals surface area contributed by atoms with Crippen molar-refractivity contribution in [1.29, 1.82) is 0 Å². The lowest BCUT2D eigenvalue weighted by Crippen LogP contribution is -2.44. The summed E-state index contributed by atoms with van der Waals surface area (Å²) in [6.45, 7) is 17.0. The van der Waals surface area contributed by atoms with Gasteiger partial charge in [-0.1, -0.05) is 0 Å². The van der Waals surface area contributed by atoms with Gasteiger partial charge in [-0.15, -0.1) is 0 Å². The number of carbonyl (C=O) groups is 1. The Morgan fingerprint density at radius 1 is 1.13 bits per heavy atom. The van der Waals surface area contributed by atoms with Crippen molar-refractivity contribution in [3.63, 3.8) is 0 Å². The summed E-state index contributed by atoms with van der Waals surface area (Å²) >= 11 is 0. The summed E-state index contributed by atoms with van der Waals surface area (Å²) in [7, 11) is -0.659. The molecule has 0 aromatic carbocycles. The van der Waals surface area contributed by atoms with Gasteiger partial charge in [-0.3, -0.25) is 0 Å². The van der Waals surface area contributed by atoms with Crippen LogP contribution in [0.4, 0.5) is 4.79 Å². The Morgan fingerprint density at radius 2 is 1.61 bits per heavy atom. The molecule has 1 saturated heterocycles. The second-order valence-corrected chi connectivity index (χ2v) is 8.03. The van der Waals surface area contributed by atoms with Gasteiger partial charge >= 0.3 is 13.2 Å². The number of aryl methyl sites for hydroxylation is 2. The molecular formula is C16H27BN2O4. The fourth-order valence-electron chi connectivity index (χ4n) is 2.45. The van der Waals surface area contributed by atoms with Crippen LogP contribution in [-0.4, -0.2) is 39.6 Å². The highest BCUT2D eigenvalue weighted by atomic mass is 16.7. The normalized spacial score (nSPS) is 20.0. The predicted octanol–water partition coefficient (Wildman–Crippen LogP) is 2.58. The van der Waals surface area contributed by atoms with Gasteiger partial charge < -0.3 is 14.0 Å². The quantitative estimate of drug-likeness (QED) is 0.744. The molecule has 1 aliphatic heterocycles. The Labute approximate surface area is 138 Å². The lowest BCUT2D eigenvalue weighted by molar-refractivity contribution is 0.00578. The molecule has 23 heavy (non-hydrogen) atoms. The number of ether oxygens (including phenoxy) is 1. The standard InChI is InChI=1S/C16H27BN2O4/c1-10-12(17-22-15(6,7)16(8,9)23-17)19(11(2)18-10)13(20)21-14(3,4)5/h1-9H3. The lowest BCUT2D eigenvalue weighted by Gasteiger charge is -2.32. The molecule has 0 amide bonds. The number of aromatic nitrogens is 2. The molecule has 0 aliphatic carbocycles. The van der Waals surface area contributed by atoms with Crippen molar-refractivity contribution in [2.45, 2.75) is 79.1 Å². The van der Waals surface area contributed by atoms with Gasteiger partial charge in [-0.25, -0.2) is 14.3 Å². The van der Waals surface area contributed by atoms with Crippen LogP contribution >= 0.6 is 0 Å². The van der Waals surface area contributed by atoms with Crippen molar-refractivity contribution < 1.29 is 18.8 Å². The molecule has 0 atom stereocenters. The van der Waals surface area contributed by atoms with Gasteiger partial charge in [0.25, 0.3) is 0 Å². The minimum Gasteiger partial charge on any atom is -0.443 e. The third-order valence-electron chi connectivity index (χ3n) is 4.32. The van der Waals surface area contributed by atoms with Crippen LogP contribution in [-0.2, 0) is 14.0 Å². The number of nitrogens with zero attached hydrogens (tertiary/aromatic N) is 2. The van der Waals surface area contributed by atoms with Crippen molar-refractivity contribution in [3.05, 3.63) is 11.5 Å². The Kier molecular flexibility index (Phi) is 4.19. The van der Waals surface area contributed by atoms with Crippen molar-refractivity contribution in [1.82, 2.24) is 9.55 Å². The molecule has 2 heterocycles. The summed E-state index contributed by atoms with van der Waals surface area (Å²) in [5, 5.41) is 0. The van der Waals surface area contributed by atoms with Gasteiger partial charge in [-0.2, -0.15) is 0 Å². The van der Waals surface area contributed by atoms with Crippen LogP contribution in [0.2, 0.25) is 0 Å². The number of rotatable bonds is 1. The van der Waals surface area contributed by atoms with Crippen LogP contribution in [0.3, 0.4) is 0 Å². The largest absolute Gasteiger partial charge is 0.514 e. The van der Waals surface area contributed by atoms with Gasteiger partial charge in [0.1, 0.15) is 11.4 Å². The van der Waals surface area contributed by atoms with Crippen molar-refractivity contribution in [3.8, 4) is 0 Å². The molecule has 7 heteroatoms. The summed E-state index contributed by atoms with van der Waals surface area (Å²) < 4.78 is 19.1. The van der Waals surface area contributed by atoms with E-state index in [9.17, 15) is 4.79 Å². The smallest absolute Gasteiger partial charge is 0.443 e. The van der Waals surface area contributed by atoms with Crippen LogP contribution in [0.5, 0.6) is 0 Å². The third-order valence-corrected chi connectivity index (χ3v) is 4.32. The maximum absolute atomic E-state index is 12.6. The maximum Gasteiger partial charge on any atom is 0.514 e. The molecule has 0 radical (unpaired) electrons. The van der Waals surface area contributed by atoms with E-state index in [0.717, 1.165) is 0 Å². The van der Waals surface area contributed by atoms with Gasteiger partial charge in [0.2, 0.25) is 0 Å². The summed E-state index contributed by atoms with van der Waals surface area (Å²) in [6.07, 6.45) is -0.472. The van der Waals surface area contributed by atoms with E-state index in [1.54, 1.807) is 6.92 Å². The molecule has 1 aromatic rings. The van der Waals surface area contributed by atoms with E-state index >= 15 is 0 Å². The first-order valence-corrected chi connectivity index (χ1v) is 7.90. The highest BCUT2D eigenvalue weighted by Gasteiger charge is 2.54. The molecule has 0 bridgehead atoms. The zero-order chi connectivity index (χ0) is 17.8. The van der Waals surface area contributed by atoms with Crippen molar-refractivity contribution >= 4 is 18.8 Å². The predicted molar refractivity (Wildman–Crippen MR) is 89.0 cm³/mol. The average molecular weight is 322 g/mol. The lowest BCUT2D eigenvalue weighted by atomic mass is 9.83. The second kappa shape index (κ2) is 5.35. The van der Waals surface area contributed by atoms with Gasteiger partial charge in [-0.05, 0) is 62.3 Å². The summed E-state index contributed by atoms with van der Waals surface area (Å²) in [6, 6.07) is 0. The van der Waals surface area contributed by atoms with E-state index in [-0.39, 0.29) is 0 Å². The first-order valence-electron chi connectivity index (χ1n) is 7.90. The average Bonchev–Trinajstić information content (AvgIpc) is 2.70. The first kappa shape index (κ1) is 18.0. The second-order valence-electron chi connectivity index (χ2n) is 8.03. The molecule has 128 valence electrons. The first-order chi connectivity index (χ1) is 10.3. The van der Waals surface area contributed by atoms with E-state index in [1.807, 2.05) is 55.4 Å². The topological polar surface area (TPSA) is 62.6 Å². The zero-order valence-electron chi connectivity index (χ0n) is 15.6. The van der Waals surface area contributed by atoms with Crippen molar-refractivity contribution in [2.75, 3.05) is 0 Å². The molecule has 1 aromatic heterocycles. The highest BCUT2D eigenvalue weighted by Crippen LogP contribution is 2.36. The van der Waals surface area contributed by atoms with Gasteiger partial charge in [0, 0.05) is 0 Å².